The van der Waals surface area contributed by atoms with E-state index < -0.39 is 5.97 Å². The zero-order valence-corrected chi connectivity index (χ0v) is 8.57. The van der Waals surface area contributed by atoms with Crippen LogP contribution in [0.1, 0.15) is 10.4 Å². The lowest BCUT2D eigenvalue weighted by atomic mass is 10.3. The van der Waals surface area contributed by atoms with Crippen LogP contribution < -0.4 is 0 Å². The van der Waals surface area contributed by atoms with E-state index >= 15 is 0 Å². The zero-order chi connectivity index (χ0) is 11.8. The van der Waals surface area contributed by atoms with E-state index in [0.29, 0.717) is 17.1 Å². The molecular formula is C11H7N3O3. The van der Waals surface area contributed by atoms with Crippen LogP contribution in [0, 0.1) is 0 Å². The summed E-state index contributed by atoms with van der Waals surface area (Å²) in [6.45, 7) is 0. The first kappa shape index (κ1) is 9.59. The maximum Gasteiger partial charge on any atom is 0.341 e. The fourth-order valence-corrected chi connectivity index (χ4v) is 1.65. The summed E-state index contributed by atoms with van der Waals surface area (Å²) in [6.07, 6.45) is 4.35. The number of rotatable bonds is 2. The third-order valence-corrected chi connectivity index (χ3v) is 2.41. The molecule has 0 aliphatic rings. The molecule has 0 aromatic carbocycles. The Morgan fingerprint density at radius 3 is 3.00 bits per heavy atom. The van der Waals surface area contributed by atoms with Crippen molar-refractivity contribution in [2.75, 3.05) is 0 Å². The van der Waals surface area contributed by atoms with Gasteiger partial charge in [0, 0.05) is 6.20 Å². The summed E-state index contributed by atoms with van der Waals surface area (Å²) >= 11 is 0. The van der Waals surface area contributed by atoms with Gasteiger partial charge >= 0.3 is 5.97 Å². The second-order valence-electron chi connectivity index (χ2n) is 3.41. The Hall–Kier alpha value is -2.63. The molecule has 3 heterocycles. The molecule has 0 saturated heterocycles. The summed E-state index contributed by atoms with van der Waals surface area (Å²) in [6, 6.07) is 5.24. The number of fused-ring (bicyclic) bond motifs is 1. The predicted octanol–water partition coefficient (Wildman–Crippen LogP) is 1.69. The van der Waals surface area contributed by atoms with Crippen LogP contribution in [0.4, 0.5) is 0 Å². The van der Waals surface area contributed by atoms with Gasteiger partial charge in [0.2, 0.25) is 0 Å². The van der Waals surface area contributed by atoms with E-state index in [0.717, 1.165) is 0 Å². The molecule has 6 nitrogen and oxygen atoms in total. The molecule has 0 atom stereocenters. The number of carbonyl (C=O) groups is 1. The molecule has 3 aromatic heterocycles. The second-order valence-corrected chi connectivity index (χ2v) is 3.41. The van der Waals surface area contributed by atoms with Crippen molar-refractivity contribution < 1.29 is 14.3 Å². The number of nitrogens with zero attached hydrogens (tertiary/aromatic N) is 3. The van der Waals surface area contributed by atoms with Gasteiger partial charge in [-0.3, -0.25) is 0 Å². The standard InChI is InChI=1S/C11H7N3O3/c15-11(16)7-6-13-14-8(3-4-12-10(7)14)9-2-1-5-17-9/h1-6H,(H,15,16). The summed E-state index contributed by atoms with van der Waals surface area (Å²) < 4.78 is 6.71. The van der Waals surface area contributed by atoms with Gasteiger partial charge in [0.15, 0.2) is 11.4 Å². The Bertz CT molecular complexity index is 685. The fraction of sp³-hybridized carbons (Fsp3) is 0. The molecular weight excluding hydrogens is 222 g/mol. The van der Waals surface area contributed by atoms with Gasteiger partial charge in [-0.05, 0) is 18.2 Å². The van der Waals surface area contributed by atoms with Crippen LogP contribution in [0.5, 0.6) is 0 Å². The van der Waals surface area contributed by atoms with Crippen LogP contribution in [0.15, 0.2) is 41.3 Å². The van der Waals surface area contributed by atoms with Crippen molar-refractivity contribution in [1.82, 2.24) is 14.6 Å². The molecule has 0 unspecified atom stereocenters. The molecule has 17 heavy (non-hydrogen) atoms. The lowest BCUT2D eigenvalue weighted by molar-refractivity contribution is 0.0699. The minimum atomic E-state index is -1.05. The summed E-state index contributed by atoms with van der Waals surface area (Å²) in [5.41, 5.74) is 1.03. The zero-order valence-electron chi connectivity index (χ0n) is 8.57. The fourth-order valence-electron chi connectivity index (χ4n) is 1.65. The van der Waals surface area contributed by atoms with Crippen LogP contribution in [-0.2, 0) is 0 Å². The molecule has 6 heteroatoms. The van der Waals surface area contributed by atoms with Gasteiger partial charge < -0.3 is 9.52 Å². The Labute approximate surface area is 95.1 Å². The van der Waals surface area contributed by atoms with Crippen molar-refractivity contribution in [2.24, 2.45) is 0 Å². The molecule has 0 amide bonds. The smallest absolute Gasteiger partial charge is 0.341 e. The molecule has 0 saturated carbocycles. The number of hydrogen-bond donors (Lipinski definition) is 1. The number of hydrogen-bond acceptors (Lipinski definition) is 4. The minimum Gasteiger partial charge on any atom is -0.477 e. The Morgan fingerprint density at radius 2 is 2.29 bits per heavy atom. The summed E-state index contributed by atoms with van der Waals surface area (Å²) in [5, 5.41) is 13.0. The number of aromatic nitrogens is 3. The highest BCUT2D eigenvalue weighted by atomic mass is 16.4. The molecule has 0 aliphatic carbocycles. The first-order valence-electron chi connectivity index (χ1n) is 4.87. The number of furan rings is 1. The number of carboxylic acids is 1. The van der Waals surface area contributed by atoms with Crippen molar-refractivity contribution in [3.8, 4) is 11.5 Å². The highest BCUT2D eigenvalue weighted by molar-refractivity contribution is 5.94. The maximum absolute atomic E-state index is 11.0. The van der Waals surface area contributed by atoms with Crippen LogP contribution in [0.25, 0.3) is 17.1 Å². The summed E-state index contributed by atoms with van der Waals surface area (Å²) in [5.74, 6) is -0.443. The molecule has 0 fully saturated rings. The van der Waals surface area contributed by atoms with Gasteiger partial charge in [-0.15, -0.1) is 0 Å². The molecule has 0 aliphatic heterocycles. The van der Waals surface area contributed by atoms with Gasteiger partial charge in [-0.25, -0.2) is 14.3 Å². The summed E-state index contributed by atoms with van der Waals surface area (Å²) in [7, 11) is 0. The lowest BCUT2D eigenvalue weighted by Crippen LogP contribution is -1.99. The summed E-state index contributed by atoms with van der Waals surface area (Å²) in [4.78, 5) is 15.0. The Balaban J connectivity index is 2.32. The molecule has 1 N–H and O–H groups in total. The van der Waals surface area contributed by atoms with Crippen LogP contribution >= 0.6 is 0 Å². The highest BCUT2D eigenvalue weighted by Gasteiger charge is 2.15. The highest BCUT2D eigenvalue weighted by Crippen LogP contribution is 2.20. The molecule has 0 spiro atoms. The van der Waals surface area contributed by atoms with Crippen molar-refractivity contribution in [3.05, 3.63) is 42.4 Å². The third-order valence-electron chi connectivity index (χ3n) is 2.41. The average molecular weight is 229 g/mol. The molecule has 3 rings (SSSR count). The predicted molar refractivity (Wildman–Crippen MR) is 57.6 cm³/mol. The van der Waals surface area contributed by atoms with Crippen LogP contribution in [-0.4, -0.2) is 25.7 Å². The Morgan fingerprint density at radius 1 is 1.41 bits per heavy atom. The van der Waals surface area contributed by atoms with E-state index in [2.05, 4.69) is 10.1 Å². The molecule has 0 bridgehead atoms. The normalized spacial score (nSPS) is 10.8. The molecule has 84 valence electrons. The molecule has 3 aromatic rings. The van der Waals surface area contributed by atoms with Crippen molar-refractivity contribution in [3.63, 3.8) is 0 Å². The van der Waals surface area contributed by atoms with Gasteiger partial charge in [-0.1, -0.05) is 0 Å². The average Bonchev–Trinajstić information content (AvgIpc) is 2.97. The minimum absolute atomic E-state index is 0.0680. The van der Waals surface area contributed by atoms with Crippen molar-refractivity contribution in [2.45, 2.75) is 0 Å². The van der Waals surface area contributed by atoms with E-state index in [1.165, 1.54) is 16.9 Å². The van der Waals surface area contributed by atoms with E-state index in [4.69, 9.17) is 9.52 Å². The van der Waals surface area contributed by atoms with Gasteiger partial charge in [0.05, 0.1) is 12.5 Å². The number of carboxylic acid groups (broad SMARTS) is 1. The van der Waals surface area contributed by atoms with Gasteiger partial charge in [0.25, 0.3) is 0 Å². The van der Waals surface area contributed by atoms with Crippen LogP contribution in [0.2, 0.25) is 0 Å². The first-order chi connectivity index (χ1) is 8.27. The van der Waals surface area contributed by atoms with E-state index in [9.17, 15) is 4.79 Å². The quantitative estimate of drug-likeness (QED) is 0.723. The third kappa shape index (κ3) is 1.38. The van der Waals surface area contributed by atoms with Crippen molar-refractivity contribution >= 4 is 11.6 Å². The lowest BCUT2D eigenvalue weighted by Gasteiger charge is -2.00. The van der Waals surface area contributed by atoms with Gasteiger partial charge in [-0.2, -0.15) is 5.10 Å². The van der Waals surface area contributed by atoms with E-state index in [-0.39, 0.29) is 5.56 Å². The SMILES string of the molecule is O=C(O)c1cnn2c(-c3ccco3)ccnc12. The van der Waals surface area contributed by atoms with Gasteiger partial charge in [0.1, 0.15) is 11.3 Å². The number of aromatic carboxylic acids is 1. The topological polar surface area (TPSA) is 80.6 Å². The Kier molecular flexibility index (Phi) is 1.94. The largest absolute Gasteiger partial charge is 0.477 e. The molecule has 0 radical (unpaired) electrons. The first-order valence-corrected chi connectivity index (χ1v) is 4.87. The van der Waals surface area contributed by atoms with E-state index in [1.807, 2.05) is 0 Å². The maximum atomic E-state index is 11.0. The van der Waals surface area contributed by atoms with Crippen molar-refractivity contribution in [1.29, 1.82) is 0 Å². The van der Waals surface area contributed by atoms with E-state index in [1.54, 1.807) is 24.5 Å². The monoisotopic (exact) mass is 229 g/mol. The van der Waals surface area contributed by atoms with Crippen LogP contribution in [0.3, 0.4) is 0 Å². The second kappa shape index (κ2) is 3.44.